The van der Waals surface area contributed by atoms with Gasteiger partial charge in [-0.25, -0.2) is 4.79 Å². The minimum absolute atomic E-state index is 0.135. The molecular formula is C13H19BrN2O3. The first-order valence-corrected chi connectivity index (χ1v) is 6.85. The second-order valence-corrected chi connectivity index (χ2v) is 5.16. The molecule has 2 amide bonds. The maximum atomic E-state index is 11.7. The van der Waals surface area contributed by atoms with Gasteiger partial charge in [0, 0.05) is 18.8 Å². The van der Waals surface area contributed by atoms with Crippen LogP contribution in [0.2, 0.25) is 0 Å². The minimum Gasteiger partial charge on any atom is -0.496 e. The largest absolute Gasteiger partial charge is 0.496 e. The molecule has 1 aromatic rings. The normalized spacial score (nSPS) is 11.8. The molecule has 0 spiro atoms. The maximum absolute atomic E-state index is 11.7. The van der Waals surface area contributed by atoms with Crippen LogP contribution in [0.25, 0.3) is 0 Å². The van der Waals surface area contributed by atoms with Crippen molar-refractivity contribution in [2.45, 2.75) is 13.3 Å². The predicted octanol–water partition coefficient (Wildman–Crippen LogP) is 2.60. The third-order valence-electron chi connectivity index (χ3n) is 2.64. The fourth-order valence-corrected chi connectivity index (χ4v) is 2.05. The smallest absolute Gasteiger partial charge is 0.319 e. The number of amides is 2. The molecule has 0 heterocycles. The first-order chi connectivity index (χ1) is 9.06. The molecular weight excluding hydrogens is 312 g/mol. The van der Waals surface area contributed by atoms with E-state index in [2.05, 4.69) is 26.6 Å². The van der Waals surface area contributed by atoms with Gasteiger partial charge in [-0.15, -0.1) is 0 Å². The molecule has 0 bridgehead atoms. The van der Waals surface area contributed by atoms with E-state index in [0.717, 1.165) is 4.47 Å². The second kappa shape index (κ2) is 8.01. The van der Waals surface area contributed by atoms with Crippen molar-refractivity contribution in [1.29, 1.82) is 0 Å². The number of carbonyl (C=O) groups is 1. The Hall–Kier alpha value is -1.27. The lowest BCUT2D eigenvalue weighted by Gasteiger charge is -2.12. The minimum atomic E-state index is -0.262. The van der Waals surface area contributed by atoms with Crippen molar-refractivity contribution in [2.24, 2.45) is 5.92 Å². The standard InChI is InChI=1S/C13H19BrN2O3/c1-9(5-6-17)8-15-13(18)16-10-3-4-12(19-2)11(14)7-10/h3-4,7,9,17H,5-6,8H2,1-2H3,(H2,15,16,18)/t9-/m1/s1. The van der Waals surface area contributed by atoms with Crippen LogP contribution in [0.4, 0.5) is 10.5 Å². The summed E-state index contributed by atoms with van der Waals surface area (Å²) in [5, 5.41) is 14.3. The number of carbonyl (C=O) groups excluding carboxylic acids is 1. The van der Waals surface area contributed by atoms with Gasteiger partial charge in [0.25, 0.3) is 0 Å². The Bertz CT molecular complexity index is 426. The molecule has 5 nitrogen and oxygen atoms in total. The summed E-state index contributed by atoms with van der Waals surface area (Å²) in [6.45, 7) is 2.64. The van der Waals surface area contributed by atoms with Crippen molar-refractivity contribution < 1.29 is 14.6 Å². The molecule has 1 aromatic carbocycles. The number of hydrogen-bond donors (Lipinski definition) is 3. The lowest BCUT2D eigenvalue weighted by molar-refractivity contribution is 0.243. The van der Waals surface area contributed by atoms with Gasteiger partial charge in [0.2, 0.25) is 0 Å². The number of benzene rings is 1. The highest BCUT2D eigenvalue weighted by Crippen LogP contribution is 2.27. The van der Waals surface area contributed by atoms with Crippen molar-refractivity contribution in [3.05, 3.63) is 22.7 Å². The Morgan fingerprint density at radius 2 is 2.26 bits per heavy atom. The van der Waals surface area contributed by atoms with Gasteiger partial charge >= 0.3 is 6.03 Å². The summed E-state index contributed by atoms with van der Waals surface area (Å²) in [4.78, 5) is 11.7. The maximum Gasteiger partial charge on any atom is 0.319 e. The molecule has 1 atom stereocenters. The van der Waals surface area contributed by atoms with Crippen molar-refractivity contribution in [3.63, 3.8) is 0 Å². The topological polar surface area (TPSA) is 70.6 Å². The van der Waals surface area contributed by atoms with E-state index in [1.54, 1.807) is 25.3 Å². The van der Waals surface area contributed by atoms with E-state index >= 15 is 0 Å². The molecule has 0 saturated carbocycles. The Morgan fingerprint density at radius 3 is 2.84 bits per heavy atom. The molecule has 3 N–H and O–H groups in total. The number of hydrogen-bond acceptors (Lipinski definition) is 3. The Labute approximate surface area is 121 Å². The highest BCUT2D eigenvalue weighted by molar-refractivity contribution is 9.10. The quantitative estimate of drug-likeness (QED) is 0.750. The van der Waals surface area contributed by atoms with E-state index in [4.69, 9.17) is 9.84 Å². The average Bonchev–Trinajstić information content (AvgIpc) is 2.37. The molecule has 0 unspecified atom stereocenters. The average molecular weight is 331 g/mol. The zero-order chi connectivity index (χ0) is 14.3. The second-order valence-electron chi connectivity index (χ2n) is 4.30. The van der Waals surface area contributed by atoms with Crippen LogP contribution in [0.15, 0.2) is 22.7 Å². The predicted molar refractivity (Wildman–Crippen MR) is 78.6 cm³/mol. The first kappa shape index (κ1) is 15.8. The van der Waals surface area contributed by atoms with Gasteiger partial charge in [-0.05, 0) is 46.5 Å². The van der Waals surface area contributed by atoms with Crippen LogP contribution in [-0.2, 0) is 0 Å². The highest BCUT2D eigenvalue weighted by atomic mass is 79.9. The summed E-state index contributed by atoms with van der Waals surface area (Å²) >= 11 is 3.36. The number of urea groups is 1. The van der Waals surface area contributed by atoms with Crippen LogP contribution in [0.1, 0.15) is 13.3 Å². The summed E-state index contributed by atoms with van der Waals surface area (Å²) in [5.41, 5.74) is 0.681. The van der Waals surface area contributed by atoms with Crippen molar-refractivity contribution >= 4 is 27.6 Å². The first-order valence-electron chi connectivity index (χ1n) is 6.06. The number of halogens is 1. The van der Waals surface area contributed by atoms with Gasteiger partial charge in [-0.3, -0.25) is 0 Å². The van der Waals surface area contributed by atoms with Crippen molar-refractivity contribution in [1.82, 2.24) is 5.32 Å². The summed E-state index contributed by atoms with van der Waals surface area (Å²) < 4.78 is 5.89. The van der Waals surface area contributed by atoms with Gasteiger partial charge in [0.05, 0.1) is 11.6 Å². The summed E-state index contributed by atoms with van der Waals surface area (Å²) in [6.07, 6.45) is 0.675. The molecule has 0 fully saturated rings. The molecule has 19 heavy (non-hydrogen) atoms. The molecule has 0 aliphatic rings. The van der Waals surface area contributed by atoms with Crippen LogP contribution in [0.5, 0.6) is 5.75 Å². The highest BCUT2D eigenvalue weighted by Gasteiger charge is 2.07. The summed E-state index contributed by atoms with van der Waals surface area (Å²) in [5.74, 6) is 0.959. The molecule has 0 radical (unpaired) electrons. The lowest BCUT2D eigenvalue weighted by Crippen LogP contribution is -2.32. The zero-order valence-corrected chi connectivity index (χ0v) is 12.7. The molecule has 0 aliphatic carbocycles. The number of nitrogens with one attached hydrogen (secondary N) is 2. The van der Waals surface area contributed by atoms with Gasteiger partial charge in [-0.2, -0.15) is 0 Å². The summed E-state index contributed by atoms with van der Waals surface area (Å²) in [6, 6.07) is 5.05. The van der Waals surface area contributed by atoms with E-state index in [9.17, 15) is 4.79 Å². The third kappa shape index (κ3) is 5.48. The molecule has 0 aromatic heterocycles. The number of anilines is 1. The van der Waals surface area contributed by atoms with E-state index in [0.29, 0.717) is 24.4 Å². The summed E-state index contributed by atoms with van der Waals surface area (Å²) in [7, 11) is 1.59. The SMILES string of the molecule is COc1ccc(NC(=O)NC[C@H](C)CCO)cc1Br. The Morgan fingerprint density at radius 1 is 1.53 bits per heavy atom. The fourth-order valence-electron chi connectivity index (χ4n) is 1.51. The van der Waals surface area contributed by atoms with Gasteiger partial charge in [0.15, 0.2) is 0 Å². The number of methoxy groups -OCH3 is 1. The Kier molecular flexibility index (Phi) is 6.66. The van der Waals surface area contributed by atoms with E-state index in [1.165, 1.54) is 0 Å². The Balaban J connectivity index is 2.46. The van der Waals surface area contributed by atoms with Crippen LogP contribution >= 0.6 is 15.9 Å². The molecule has 0 aliphatic heterocycles. The molecule has 6 heteroatoms. The van der Waals surface area contributed by atoms with Crippen LogP contribution < -0.4 is 15.4 Å². The monoisotopic (exact) mass is 330 g/mol. The number of aliphatic hydroxyl groups excluding tert-OH is 1. The lowest BCUT2D eigenvalue weighted by atomic mass is 10.1. The molecule has 1 rings (SSSR count). The van der Waals surface area contributed by atoms with Crippen LogP contribution in [0, 0.1) is 5.92 Å². The number of ether oxygens (including phenoxy) is 1. The van der Waals surface area contributed by atoms with Gasteiger partial charge < -0.3 is 20.5 Å². The number of aliphatic hydroxyl groups is 1. The van der Waals surface area contributed by atoms with E-state index in [1.807, 2.05) is 6.92 Å². The zero-order valence-electron chi connectivity index (χ0n) is 11.1. The van der Waals surface area contributed by atoms with Crippen molar-refractivity contribution in [3.8, 4) is 5.75 Å². The van der Waals surface area contributed by atoms with Gasteiger partial charge in [-0.1, -0.05) is 6.92 Å². The number of rotatable bonds is 6. The fraction of sp³-hybridized carbons (Fsp3) is 0.462. The third-order valence-corrected chi connectivity index (χ3v) is 3.26. The van der Waals surface area contributed by atoms with E-state index < -0.39 is 0 Å². The van der Waals surface area contributed by atoms with Gasteiger partial charge in [0.1, 0.15) is 5.75 Å². The van der Waals surface area contributed by atoms with Crippen LogP contribution in [0.3, 0.4) is 0 Å². The van der Waals surface area contributed by atoms with Crippen LogP contribution in [-0.4, -0.2) is 31.4 Å². The van der Waals surface area contributed by atoms with E-state index in [-0.39, 0.29) is 18.6 Å². The molecule has 0 saturated heterocycles. The van der Waals surface area contributed by atoms with Crippen molar-refractivity contribution in [2.75, 3.05) is 25.6 Å². The molecule has 106 valence electrons.